The van der Waals surface area contributed by atoms with Crippen molar-refractivity contribution in [3.05, 3.63) is 35.9 Å². The predicted molar refractivity (Wildman–Crippen MR) is 89.7 cm³/mol. The van der Waals surface area contributed by atoms with Gasteiger partial charge >= 0.3 is 0 Å². The standard InChI is InChI=1S/C19H26N2O2/c1-19(2,18(23)20-15-11-7-4-8-12-15)21-16(13-17(21)22)14-9-5-3-6-10-14/h3,5-6,9-10,15-16H,4,7-8,11-13H2,1-2H3,(H,20,23). The molecule has 1 saturated carbocycles. The van der Waals surface area contributed by atoms with Crippen molar-refractivity contribution in [3.63, 3.8) is 0 Å². The minimum absolute atomic E-state index is 0.0100. The Hall–Kier alpha value is -1.84. The van der Waals surface area contributed by atoms with E-state index in [1.807, 2.05) is 44.2 Å². The van der Waals surface area contributed by atoms with Crippen LogP contribution in [0.25, 0.3) is 0 Å². The van der Waals surface area contributed by atoms with E-state index >= 15 is 0 Å². The topological polar surface area (TPSA) is 49.4 Å². The van der Waals surface area contributed by atoms with Gasteiger partial charge in [-0.25, -0.2) is 0 Å². The fourth-order valence-electron chi connectivity index (χ4n) is 3.78. The number of carbonyl (C=O) groups is 2. The number of amides is 2. The summed E-state index contributed by atoms with van der Waals surface area (Å²) >= 11 is 0. The molecule has 1 aromatic rings. The summed E-state index contributed by atoms with van der Waals surface area (Å²) in [7, 11) is 0. The minimum atomic E-state index is -0.812. The highest BCUT2D eigenvalue weighted by molar-refractivity contribution is 5.94. The Balaban J connectivity index is 1.72. The number of likely N-dealkylation sites (tertiary alicyclic amines) is 1. The van der Waals surface area contributed by atoms with Crippen molar-refractivity contribution in [2.24, 2.45) is 0 Å². The van der Waals surface area contributed by atoms with Crippen molar-refractivity contribution < 1.29 is 9.59 Å². The Bertz CT molecular complexity index is 576. The van der Waals surface area contributed by atoms with E-state index in [-0.39, 0.29) is 23.9 Å². The molecule has 4 nitrogen and oxygen atoms in total. The SMILES string of the molecule is CC(C)(C(=O)NC1CCCCC1)N1C(=O)CC1c1ccccc1. The third-order valence-electron chi connectivity index (χ3n) is 5.23. The van der Waals surface area contributed by atoms with Crippen LogP contribution in [0.1, 0.15) is 64.0 Å². The van der Waals surface area contributed by atoms with E-state index in [0.717, 1.165) is 18.4 Å². The number of hydrogen-bond acceptors (Lipinski definition) is 2. The van der Waals surface area contributed by atoms with Crippen LogP contribution in [0.2, 0.25) is 0 Å². The summed E-state index contributed by atoms with van der Waals surface area (Å²) < 4.78 is 0. The summed E-state index contributed by atoms with van der Waals surface area (Å²) in [6.45, 7) is 3.72. The molecule has 1 aliphatic carbocycles. The molecule has 1 heterocycles. The Morgan fingerprint density at radius 3 is 2.39 bits per heavy atom. The lowest BCUT2D eigenvalue weighted by molar-refractivity contribution is -0.162. The number of hydrogen-bond donors (Lipinski definition) is 1. The highest BCUT2D eigenvalue weighted by atomic mass is 16.2. The second-order valence-corrected chi connectivity index (χ2v) is 7.26. The zero-order valence-corrected chi connectivity index (χ0v) is 14.0. The molecule has 23 heavy (non-hydrogen) atoms. The highest BCUT2D eigenvalue weighted by Crippen LogP contribution is 2.40. The average molecular weight is 314 g/mol. The normalized spacial score (nSPS) is 22.6. The molecule has 2 amide bonds. The molecule has 0 aromatic heterocycles. The fraction of sp³-hybridized carbons (Fsp3) is 0.579. The van der Waals surface area contributed by atoms with Crippen molar-refractivity contribution in [1.29, 1.82) is 0 Å². The van der Waals surface area contributed by atoms with Crippen LogP contribution in [0.15, 0.2) is 30.3 Å². The molecule has 1 aliphatic heterocycles. The maximum absolute atomic E-state index is 12.8. The van der Waals surface area contributed by atoms with E-state index in [4.69, 9.17) is 0 Å². The Kier molecular flexibility index (Phi) is 4.42. The largest absolute Gasteiger partial charge is 0.351 e. The maximum Gasteiger partial charge on any atom is 0.245 e. The van der Waals surface area contributed by atoms with Crippen LogP contribution in [0.4, 0.5) is 0 Å². The number of β-lactam (4-membered cyclic amide) rings is 1. The van der Waals surface area contributed by atoms with Crippen LogP contribution >= 0.6 is 0 Å². The van der Waals surface area contributed by atoms with Gasteiger partial charge in [0.1, 0.15) is 5.54 Å². The summed E-state index contributed by atoms with van der Waals surface area (Å²) in [6, 6.07) is 10.3. The van der Waals surface area contributed by atoms with E-state index in [1.165, 1.54) is 19.3 Å². The van der Waals surface area contributed by atoms with E-state index < -0.39 is 5.54 Å². The zero-order valence-electron chi connectivity index (χ0n) is 14.0. The quantitative estimate of drug-likeness (QED) is 0.868. The first kappa shape index (κ1) is 16.0. The Morgan fingerprint density at radius 2 is 1.78 bits per heavy atom. The zero-order chi connectivity index (χ0) is 16.4. The van der Waals surface area contributed by atoms with Crippen molar-refractivity contribution >= 4 is 11.8 Å². The first-order valence-corrected chi connectivity index (χ1v) is 8.68. The van der Waals surface area contributed by atoms with Crippen LogP contribution in [0, 0.1) is 0 Å². The third kappa shape index (κ3) is 3.12. The van der Waals surface area contributed by atoms with E-state index in [9.17, 15) is 9.59 Å². The lowest BCUT2D eigenvalue weighted by Crippen LogP contribution is -2.64. The van der Waals surface area contributed by atoms with Crippen molar-refractivity contribution in [2.75, 3.05) is 0 Å². The van der Waals surface area contributed by atoms with Gasteiger partial charge in [0.2, 0.25) is 11.8 Å². The summed E-state index contributed by atoms with van der Waals surface area (Å²) in [6.07, 6.45) is 6.22. The molecule has 124 valence electrons. The fourth-order valence-corrected chi connectivity index (χ4v) is 3.78. The first-order chi connectivity index (χ1) is 11.0. The van der Waals surface area contributed by atoms with Crippen LogP contribution in [0.5, 0.6) is 0 Å². The van der Waals surface area contributed by atoms with Gasteiger partial charge in [-0.1, -0.05) is 49.6 Å². The molecule has 1 atom stereocenters. The average Bonchev–Trinajstić information content (AvgIpc) is 2.53. The molecule has 2 fully saturated rings. The second kappa shape index (κ2) is 6.34. The van der Waals surface area contributed by atoms with Gasteiger partial charge in [-0.3, -0.25) is 9.59 Å². The lowest BCUT2D eigenvalue weighted by atomic mass is 9.85. The van der Waals surface area contributed by atoms with Gasteiger partial charge in [-0.2, -0.15) is 0 Å². The van der Waals surface area contributed by atoms with Crippen molar-refractivity contribution in [3.8, 4) is 0 Å². The number of carbonyl (C=O) groups excluding carboxylic acids is 2. The molecule has 0 spiro atoms. The van der Waals surface area contributed by atoms with E-state index in [2.05, 4.69) is 5.32 Å². The van der Waals surface area contributed by atoms with E-state index in [0.29, 0.717) is 6.42 Å². The number of nitrogens with one attached hydrogen (secondary N) is 1. The molecule has 1 N–H and O–H groups in total. The molecule has 1 unspecified atom stereocenters. The second-order valence-electron chi connectivity index (χ2n) is 7.26. The number of benzene rings is 1. The number of rotatable bonds is 4. The van der Waals surface area contributed by atoms with Crippen molar-refractivity contribution in [1.82, 2.24) is 10.2 Å². The van der Waals surface area contributed by atoms with Gasteiger partial charge in [-0.05, 0) is 32.3 Å². The van der Waals surface area contributed by atoms with Crippen LogP contribution in [-0.2, 0) is 9.59 Å². The van der Waals surface area contributed by atoms with Gasteiger partial charge in [0.05, 0.1) is 12.5 Å². The Labute approximate surface area is 138 Å². The smallest absolute Gasteiger partial charge is 0.245 e. The lowest BCUT2D eigenvalue weighted by Gasteiger charge is -2.50. The molecule has 4 heteroatoms. The van der Waals surface area contributed by atoms with Crippen LogP contribution in [0.3, 0.4) is 0 Å². The van der Waals surface area contributed by atoms with Gasteiger partial charge in [0.15, 0.2) is 0 Å². The first-order valence-electron chi connectivity index (χ1n) is 8.68. The maximum atomic E-state index is 12.8. The summed E-state index contributed by atoms with van der Waals surface area (Å²) in [5.74, 6) is 0.0287. The molecular formula is C19H26N2O2. The summed E-state index contributed by atoms with van der Waals surface area (Å²) in [5.41, 5.74) is 0.290. The molecular weight excluding hydrogens is 288 g/mol. The number of nitrogens with zero attached hydrogens (tertiary/aromatic N) is 1. The summed E-state index contributed by atoms with van der Waals surface area (Å²) in [5, 5.41) is 3.17. The minimum Gasteiger partial charge on any atom is -0.351 e. The Morgan fingerprint density at radius 1 is 1.13 bits per heavy atom. The van der Waals surface area contributed by atoms with Crippen molar-refractivity contribution in [2.45, 2.75) is 70.0 Å². The highest BCUT2D eigenvalue weighted by Gasteiger charge is 2.49. The van der Waals surface area contributed by atoms with Crippen LogP contribution < -0.4 is 5.32 Å². The molecule has 1 saturated heterocycles. The van der Waals surface area contributed by atoms with Crippen LogP contribution in [-0.4, -0.2) is 28.3 Å². The van der Waals surface area contributed by atoms with Gasteiger partial charge in [-0.15, -0.1) is 0 Å². The van der Waals surface area contributed by atoms with E-state index in [1.54, 1.807) is 4.90 Å². The predicted octanol–water partition coefficient (Wildman–Crippen LogP) is 3.19. The molecule has 0 radical (unpaired) electrons. The van der Waals surface area contributed by atoms with Gasteiger partial charge in [0.25, 0.3) is 0 Å². The third-order valence-corrected chi connectivity index (χ3v) is 5.23. The van der Waals surface area contributed by atoms with Gasteiger partial charge < -0.3 is 10.2 Å². The molecule has 0 bridgehead atoms. The molecule has 3 rings (SSSR count). The van der Waals surface area contributed by atoms with Gasteiger partial charge in [0, 0.05) is 6.04 Å². The summed E-state index contributed by atoms with van der Waals surface area (Å²) in [4.78, 5) is 26.7. The molecule has 2 aliphatic rings. The monoisotopic (exact) mass is 314 g/mol. The molecule has 1 aromatic carbocycles.